The van der Waals surface area contributed by atoms with Crippen molar-refractivity contribution in [3.05, 3.63) is 117 Å². The number of aromatic amines is 1. The number of carboxylic acids is 1. The number of nitrogens with zero attached hydrogens (tertiary/aromatic N) is 1. The summed E-state index contributed by atoms with van der Waals surface area (Å²) in [7, 11) is 1.21. The highest BCUT2D eigenvalue weighted by molar-refractivity contribution is 6.06. The summed E-state index contributed by atoms with van der Waals surface area (Å²) < 4.78 is 25.5. The average Bonchev–Trinajstić information content (AvgIpc) is 3.13. The zero-order valence-electron chi connectivity index (χ0n) is 31.4. The smallest absolute Gasteiger partial charge is 0.337 e. The van der Waals surface area contributed by atoms with Gasteiger partial charge in [-0.15, -0.1) is 0 Å². The molecule has 0 aliphatic carbocycles. The lowest BCUT2D eigenvalue weighted by Gasteiger charge is -2.23. The first-order valence-corrected chi connectivity index (χ1v) is 17.7. The zero-order chi connectivity index (χ0) is 40.7. The second kappa shape index (κ2) is 17.2. The third-order valence-corrected chi connectivity index (χ3v) is 8.67. The van der Waals surface area contributed by atoms with Crippen molar-refractivity contribution < 1.29 is 42.9 Å². The maximum absolute atomic E-state index is 15.5. The molecule has 0 radical (unpaired) electrons. The molecule has 15 heteroatoms. The van der Waals surface area contributed by atoms with Gasteiger partial charge in [0, 0.05) is 25.1 Å². The van der Waals surface area contributed by atoms with E-state index in [0.717, 1.165) is 17.0 Å². The summed E-state index contributed by atoms with van der Waals surface area (Å²) in [4.78, 5) is 83.6. The van der Waals surface area contributed by atoms with E-state index in [4.69, 9.17) is 9.47 Å². The summed E-state index contributed by atoms with van der Waals surface area (Å²) in [5, 5.41) is 19.9. The van der Waals surface area contributed by atoms with E-state index in [1.54, 1.807) is 39.8 Å². The van der Waals surface area contributed by atoms with Gasteiger partial charge in [0.05, 0.1) is 29.1 Å². The molecular formula is C41H42FN5O9. The van der Waals surface area contributed by atoms with E-state index in [0.29, 0.717) is 33.4 Å². The first-order valence-electron chi connectivity index (χ1n) is 17.7. The molecule has 5 N–H and O–H groups in total. The van der Waals surface area contributed by atoms with Crippen molar-refractivity contribution in [1.29, 1.82) is 0 Å². The highest BCUT2D eigenvalue weighted by Crippen LogP contribution is 2.24. The molecule has 0 aliphatic heterocycles. The fourth-order valence-electron chi connectivity index (χ4n) is 6.06. The number of benzene rings is 4. The van der Waals surface area contributed by atoms with E-state index in [1.165, 1.54) is 37.4 Å². The molecule has 4 aromatic carbocycles. The predicted molar refractivity (Wildman–Crippen MR) is 206 cm³/mol. The van der Waals surface area contributed by atoms with E-state index >= 15 is 4.39 Å². The molecule has 0 aliphatic rings. The molecule has 2 amide bonds. The van der Waals surface area contributed by atoms with Crippen molar-refractivity contribution >= 4 is 57.1 Å². The number of aliphatic carboxylic acids is 1. The number of H-pyrrole nitrogens is 1. The average molecular weight is 768 g/mol. The number of nitrogens with one attached hydrogen (secondary N) is 4. The van der Waals surface area contributed by atoms with Crippen LogP contribution in [0.25, 0.3) is 21.7 Å². The molecule has 2 atom stereocenters. The number of hydrogen-bond acceptors (Lipinski definition) is 10. The lowest BCUT2D eigenvalue weighted by atomic mass is 10.0. The Hall–Kier alpha value is -6.64. The molecular weight excluding hydrogens is 725 g/mol. The molecule has 0 spiro atoms. The summed E-state index contributed by atoms with van der Waals surface area (Å²) in [5.41, 5.74) is 0.791. The van der Waals surface area contributed by atoms with Gasteiger partial charge in [-0.2, -0.15) is 0 Å². The van der Waals surface area contributed by atoms with Crippen LogP contribution < -0.4 is 21.5 Å². The number of halogens is 1. The Kier molecular flexibility index (Phi) is 12.5. The lowest BCUT2D eigenvalue weighted by molar-refractivity contribution is -0.155. The third-order valence-electron chi connectivity index (χ3n) is 8.67. The van der Waals surface area contributed by atoms with Crippen LogP contribution in [0.1, 0.15) is 71.3 Å². The molecule has 14 nitrogen and oxygen atoms in total. The number of amides is 2. The number of methoxy groups -OCH3 is 1. The van der Waals surface area contributed by atoms with Crippen LogP contribution in [0.4, 0.5) is 10.1 Å². The molecule has 56 heavy (non-hydrogen) atoms. The largest absolute Gasteiger partial charge is 0.480 e. The number of carbonyl (C=O) groups is 5. The minimum absolute atomic E-state index is 0.180. The van der Waals surface area contributed by atoms with Gasteiger partial charge in [0.1, 0.15) is 29.3 Å². The maximum Gasteiger partial charge on any atom is 0.337 e. The van der Waals surface area contributed by atoms with Gasteiger partial charge in [-0.05, 0) is 98.5 Å². The summed E-state index contributed by atoms with van der Waals surface area (Å²) in [6, 6.07) is 16.1. The minimum Gasteiger partial charge on any atom is -0.480 e. The van der Waals surface area contributed by atoms with E-state index in [2.05, 4.69) is 25.9 Å². The highest BCUT2D eigenvalue weighted by Gasteiger charge is 2.29. The second-order valence-corrected chi connectivity index (χ2v) is 14.2. The standard InChI is InChI=1S/C41H42FN5O9/c1-22-44-31-14-11-25-10-9-24(18-29(25)35(31)38(51)45-22)21-43-27-12-13-28(30(42)20-27)36(49)46-32(15-16-34(48)56-41(2,3)4)37(50)47-33(39(52)53)19-23-7-6-8-26(17-23)40(54)55-5/h6-14,17-18,20,32-33,43H,15-16,19,21H2,1-5H3,(H,46,49)(H,47,50)(H,52,53)(H,44,45,51)/t32-,33-/m0/s1. The van der Waals surface area contributed by atoms with Gasteiger partial charge in [0.2, 0.25) is 5.91 Å². The third kappa shape index (κ3) is 10.3. The normalized spacial score (nSPS) is 12.4. The monoisotopic (exact) mass is 767 g/mol. The SMILES string of the molecule is COC(=O)c1cccc(C[C@H](NC(=O)[C@H](CCC(=O)OC(C)(C)C)NC(=O)c2ccc(NCc3ccc4ccc5nc(C)[nH]c(=O)c5c4c3)cc2F)C(=O)O)c1. The van der Waals surface area contributed by atoms with E-state index in [1.807, 2.05) is 24.3 Å². The van der Waals surface area contributed by atoms with Gasteiger partial charge in [0.15, 0.2) is 0 Å². The molecule has 1 aromatic heterocycles. The molecule has 0 saturated carbocycles. The van der Waals surface area contributed by atoms with Crippen molar-refractivity contribution in [2.45, 2.75) is 71.2 Å². The van der Waals surface area contributed by atoms with Crippen molar-refractivity contribution in [2.24, 2.45) is 0 Å². The highest BCUT2D eigenvalue weighted by atomic mass is 19.1. The van der Waals surface area contributed by atoms with Crippen molar-refractivity contribution in [3.63, 3.8) is 0 Å². The number of rotatable bonds is 14. The number of hydrogen-bond donors (Lipinski definition) is 5. The van der Waals surface area contributed by atoms with Crippen molar-refractivity contribution in [3.8, 4) is 0 Å². The summed E-state index contributed by atoms with van der Waals surface area (Å²) in [6.07, 6.45) is -0.845. The molecule has 0 unspecified atom stereocenters. The molecule has 5 aromatic rings. The van der Waals surface area contributed by atoms with Crippen LogP contribution in [0.15, 0.2) is 77.6 Å². The Morgan fingerprint density at radius 1 is 0.929 bits per heavy atom. The number of anilines is 1. The number of carboxylic acid groups (broad SMARTS) is 1. The van der Waals surface area contributed by atoms with Gasteiger partial charge < -0.3 is 35.5 Å². The molecule has 0 bridgehead atoms. The Morgan fingerprint density at radius 3 is 2.38 bits per heavy atom. The molecule has 5 rings (SSSR count). The van der Waals surface area contributed by atoms with Gasteiger partial charge in [-0.25, -0.2) is 19.0 Å². The summed E-state index contributed by atoms with van der Waals surface area (Å²) >= 11 is 0. The summed E-state index contributed by atoms with van der Waals surface area (Å²) in [5.74, 6) is -5.02. The minimum atomic E-state index is -1.50. The zero-order valence-corrected chi connectivity index (χ0v) is 31.4. The maximum atomic E-state index is 15.5. The fourth-order valence-corrected chi connectivity index (χ4v) is 6.06. The predicted octanol–water partition coefficient (Wildman–Crippen LogP) is 4.95. The van der Waals surface area contributed by atoms with E-state index < -0.39 is 58.8 Å². The van der Waals surface area contributed by atoms with E-state index in [-0.39, 0.29) is 36.9 Å². The Morgan fingerprint density at radius 2 is 1.68 bits per heavy atom. The van der Waals surface area contributed by atoms with Crippen molar-refractivity contribution in [2.75, 3.05) is 12.4 Å². The van der Waals surface area contributed by atoms with Crippen LogP contribution >= 0.6 is 0 Å². The van der Waals surface area contributed by atoms with E-state index in [9.17, 15) is 33.9 Å². The number of fused-ring (bicyclic) bond motifs is 3. The quantitative estimate of drug-likeness (QED) is 0.0755. The molecule has 1 heterocycles. The Labute approximate surface area is 320 Å². The Bertz CT molecular complexity index is 2390. The van der Waals surface area contributed by atoms with Gasteiger partial charge in [-0.1, -0.05) is 30.3 Å². The number of ether oxygens (including phenoxy) is 2. The van der Waals surface area contributed by atoms with Gasteiger partial charge >= 0.3 is 17.9 Å². The molecule has 0 fully saturated rings. The molecule has 292 valence electrons. The number of aromatic nitrogens is 2. The number of esters is 2. The topological polar surface area (TPSA) is 206 Å². The first-order chi connectivity index (χ1) is 26.5. The fraction of sp³-hybridized carbons (Fsp3) is 0.293. The van der Waals surface area contributed by atoms with Gasteiger partial charge in [0.25, 0.3) is 11.5 Å². The van der Waals surface area contributed by atoms with Crippen molar-refractivity contribution in [1.82, 2.24) is 20.6 Å². The Balaban J connectivity index is 1.30. The second-order valence-electron chi connectivity index (χ2n) is 14.2. The van der Waals surface area contributed by atoms with Crippen LogP contribution in [0.5, 0.6) is 0 Å². The van der Waals surface area contributed by atoms with Crippen LogP contribution in [-0.2, 0) is 36.8 Å². The number of carbonyl (C=O) groups excluding carboxylic acids is 4. The molecule has 0 saturated heterocycles. The van der Waals surface area contributed by atoms with Crippen LogP contribution in [0.2, 0.25) is 0 Å². The lowest BCUT2D eigenvalue weighted by Crippen LogP contribution is -2.52. The summed E-state index contributed by atoms with van der Waals surface area (Å²) in [6.45, 7) is 6.94. The first kappa shape index (κ1) is 40.5. The van der Waals surface area contributed by atoms with Gasteiger partial charge in [-0.3, -0.25) is 19.2 Å². The van der Waals surface area contributed by atoms with Crippen LogP contribution in [-0.4, -0.2) is 69.6 Å². The number of aryl methyl sites for hydroxylation is 1. The van der Waals surface area contributed by atoms with Crippen LogP contribution in [0.3, 0.4) is 0 Å². The van der Waals surface area contributed by atoms with Crippen LogP contribution in [0, 0.1) is 12.7 Å².